The number of benzene rings is 1. The van der Waals surface area contributed by atoms with Crippen molar-refractivity contribution in [3.63, 3.8) is 0 Å². The van der Waals surface area contributed by atoms with Gasteiger partial charge < -0.3 is 48.5 Å². The first kappa shape index (κ1) is 25.3. The second-order valence-corrected chi connectivity index (χ2v) is 9.51. The zero-order chi connectivity index (χ0) is 25.1. The maximum atomic E-state index is 11.5. The molecule has 1 aromatic heterocycles. The zero-order valence-corrected chi connectivity index (χ0v) is 20.0. The summed E-state index contributed by atoms with van der Waals surface area (Å²) in [5.41, 5.74) is 25.8. The number of halogens is 1. The fourth-order valence-electron chi connectivity index (χ4n) is 4.39. The van der Waals surface area contributed by atoms with E-state index in [9.17, 15) is 4.79 Å². The molecule has 13 nitrogen and oxygen atoms in total. The minimum atomic E-state index is -0.639. The van der Waals surface area contributed by atoms with Crippen molar-refractivity contribution in [3.8, 4) is 0 Å². The molecule has 4 rings (SSSR count). The van der Waals surface area contributed by atoms with E-state index in [2.05, 4.69) is 20.6 Å². The summed E-state index contributed by atoms with van der Waals surface area (Å²) in [4.78, 5) is 29.3. The molecule has 2 fully saturated rings. The van der Waals surface area contributed by atoms with Crippen LogP contribution in [0.4, 0.5) is 29.2 Å². The van der Waals surface area contributed by atoms with Crippen LogP contribution in [0.5, 0.6) is 0 Å². The van der Waals surface area contributed by atoms with Crippen LogP contribution in [0.25, 0.3) is 0 Å². The summed E-state index contributed by atoms with van der Waals surface area (Å²) in [5, 5.41) is 14.9. The smallest absolute Gasteiger partial charge is 0.250 e. The number of carbonyl (C=O) groups is 1. The average molecular weight is 506 g/mol. The van der Waals surface area contributed by atoms with Gasteiger partial charge in [-0.25, -0.2) is 0 Å². The first-order valence-electron chi connectivity index (χ1n) is 11.5. The van der Waals surface area contributed by atoms with Crippen molar-refractivity contribution in [3.05, 3.63) is 23.2 Å². The highest BCUT2D eigenvalue weighted by Crippen LogP contribution is 2.28. The number of hydrogen-bond donors (Lipinski definition) is 7. The molecule has 0 radical (unpaired) electrons. The van der Waals surface area contributed by atoms with E-state index < -0.39 is 12.5 Å². The third-order valence-electron chi connectivity index (χ3n) is 5.85. The van der Waals surface area contributed by atoms with Gasteiger partial charge in [-0.3, -0.25) is 4.79 Å². The zero-order valence-electron chi connectivity index (χ0n) is 19.3. The second-order valence-electron chi connectivity index (χ2n) is 9.11. The number of aliphatic hydroxyl groups is 1. The Kier molecular flexibility index (Phi) is 7.84. The van der Waals surface area contributed by atoms with Gasteiger partial charge in [-0.15, -0.1) is 0 Å². The lowest BCUT2D eigenvalue weighted by Crippen LogP contribution is -2.54. The van der Waals surface area contributed by atoms with Gasteiger partial charge in [0.2, 0.25) is 23.8 Å². The van der Waals surface area contributed by atoms with E-state index in [4.69, 9.17) is 44.6 Å². The summed E-state index contributed by atoms with van der Waals surface area (Å²) in [6, 6.07) is 4.59. The number of rotatable bonds is 6. The first-order chi connectivity index (χ1) is 16.7. The van der Waals surface area contributed by atoms with Crippen LogP contribution in [-0.2, 0) is 4.79 Å². The summed E-state index contributed by atoms with van der Waals surface area (Å²) in [6.07, 6.45) is 1.46. The number of nitrogens with two attached hydrogens (primary N) is 4. The number of anilines is 5. The largest absolute Gasteiger partial charge is 0.387 e. The molecule has 0 unspecified atom stereocenters. The molecule has 11 N–H and O–H groups in total. The molecule has 3 heterocycles. The minimum Gasteiger partial charge on any atom is -0.387 e. The monoisotopic (exact) mass is 505 g/mol. The average Bonchev–Trinajstić information content (AvgIpc) is 2.79. The van der Waals surface area contributed by atoms with Crippen molar-refractivity contribution in [1.82, 2.24) is 15.0 Å². The molecule has 14 heteroatoms. The Labute approximate surface area is 208 Å². The number of aromatic nitrogens is 3. The van der Waals surface area contributed by atoms with Gasteiger partial charge in [0.25, 0.3) is 0 Å². The molecule has 0 aliphatic carbocycles. The van der Waals surface area contributed by atoms with Crippen LogP contribution >= 0.6 is 11.6 Å². The van der Waals surface area contributed by atoms with Gasteiger partial charge in [0.1, 0.15) is 6.61 Å². The standard InChI is InChI=1S/C21H32ClN11O2/c22-16-5-15(1-2-17(16)28-18(35)10-34)27-19-29-20(32-6-11(23)3-12(24)7-32)31-21(30-19)33-8-13(25)4-14(26)9-33/h1-2,5,11-14,34H,3-4,6-10,23-26H2,(H,28,35)(H,27,29,30,31)/t11-,12+,13-,14+. The summed E-state index contributed by atoms with van der Waals surface area (Å²) in [7, 11) is 0. The van der Waals surface area contributed by atoms with Gasteiger partial charge in [0.05, 0.1) is 10.7 Å². The van der Waals surface area contributed by atoms with Gasteiger partial charge in [-0.1, -0.05) is 11.6 Å². The Morgan fingerprint density at radius 2 is 1.46 bits per heavy atom. The summed E-state index contributed by atoms with van der Waals surface area (Å²) >= 11 is 6.31. The van der Waals surface area contributed by atoms with Crippen LogP contribution < -0.4 is 43.4 Å². The molecule has 190 valence electrons. The molecule has 35 heavy (non-hydrogen) atoms. The molecule has 2 saturated heterocycles. The van der Waals surface area contributed by atoms with Crippen LogP contribution in [-0.4, -0.2) is 82.9 Å². The van der Waals surface area contributed by atoms with Crippen LogP contribution in [0.15, 0.2) is 18.2 Å². The number of amides is 1. The van der Waals surface area contributed by atoms with E-state index in [0.29, 0.717) is 55.4 Å². The van der Waals surface area contributed by atoms with E-state index >= 15 is 0 Å². The topological polar surface area (TPSA) is 211 Å². The number of carbonyl (C=O) groups excluding carboxylic acids is 1. The van der Waals surface area contributed by atoms with E-state index in [1.54, 1.807) is 18.2 Å². The second kappa shape index (κ2) is 10.8. The van der Waals surface area contributed by atoms with Crippen LogP contribution in [0.1, 0.15) is 12.8 Å². The van der Waals surface area contributed by atoms with Gasteiger partial charge in [0.15, 0.2) is 0 Å². The van der Waals surface area contributed by atoms with E-state index in [0.717, 1.165) is 12.8 Å². The Balaban J connectivity index is 1.64. The van der Waals surface area contributed by atoms with Crippen molar-refractivity contribution in [2.45, 2.75) is 37.0 Å². The highest BCUT2D eigenvalue weighted by atomic mass is 35.5. The van der Waals surface area contributed by atoms with Crippen LogP contribution in [0, 0.1) is 0 Å². The molecule has 1 aromatic carbocycles. The third kappa shape index (κ3) is 6.45. The maximum absolute atomic E-state index is 11.5. The predicted octanol–water partition coefficient (Wildman–Crippen LogP) is -1.07. The van der Waals surface area contributed by atoms with Gasteiger partial charge in [-0.05, 0) is 31.0 Å². The summed E-state index contributed by atoms with van der Waals surface area (Å²) in [6.45, 7) is 1.64. The predicted molar refractivity (Wildman–Crippen MR) is 136 cm³/mol. The summed E-state index contributed by atoms with van der Waals surface area (Å²) in [5.74, 6) is 0.645. The Hall–Kier alpha value is -2.81. The lowest BCUT2D eigenvalue weighted by molar-refractivity contribution is -0.118. The van der Waals surface area contributed by atoms with E-state index in [-0.39, 0.29) is 29.2 Å². The molecule has 2 aromatic rings. The summed E-state index contributed by atoms with van der Waals surface area (Å²) < 4.78 is 0. The molecule has 0 saturated carbocycles. The molecule has 4 atom stereocenters. The molecule has 0 spiro atoms. The van der Waals surface area contributed by atoms with Gasteiger partial charge >= 0.3 is 0 Å². The van der Waals surface area contributed by atoms with Crippen molar-refractivity contribution in [2.24, 2.45) is 22.9 Å². The van der Waals surface area contributed by atoms with E-state index in [1.807, 2.05) is 9.80 Å². The Bertz CT molecular complexity index is 994. The fourth-order valence-corrected chi connectivity index (χ4v) is 4.62. The number of aliphatic hydroxyl groups excluding tert-OH is 1. The molecule has 0 bridgehead atoms. The van der Waals surface area contributed by atoms with Crippen molar-refractivity contribution in [1.29, 1.82) is 0 Å². The fraction of sp³-hybridized carbons (Fsp3) is 0.524. The van der Waals surface area contributed by atoms with Gasteiger partial charge in [0, 0.05) is 56.0 Å². The minimum absolute atomic E-state index is 0.0901. The van der Waals surface area contributed by atoms with Crippen LogP contribution in [0.2, 0.25) is 5.02 Å². The number of nitrogens with one attached hydrogen (secondary N) is 2. The highest BCUT2D eigenvalue weighted by molar-refractivity contribution is 6.34. The number of piperidine rings is 2. The van der Waals surface area contributed by atoms with Crippen molar-refractivity contribution < 1.29 is 9.90 Å². The Morgan fingerprint density at radius 1 is 0.943 bits per heavy atom. The third-order valence-corrected chi connectivity index (χ3v) is 6.16. The Morgan fingerprint density at radius 3 is 1.91 bits per heavy atom. The van der Waals surface area contributed by atoms with Gasteiger partial charge in [-0.2, -0.15) is 15.0 Å². The normalized spacial score (nSPS) is 24.9. The maximum Gasteiger partial charge on any atom is 0.250 e. The lowest BCUT2D eigenvalue weighted by atomic mass is 10.0. The van der Waals surface area contributed by atoms with E-state index in [1.165, 1.54) is 0 Å². The first-order valence-corrected chi connectivity index (χ1v) is 11.8. The van der Waals surface area contributed by atoms with Crippen molar-refractivity contribution in [2.75, 3.05) is 53.2 Å². The lowest BCUT2D eigenvalue weighted by Gasteiger charge is -2.37. The van der Waals surface area contributed by atoms with Crippen LogP contribution in [0.3, 0.4) is 0 Å². The molecule has 2 aliphatic rings. The SMILES string of the molecule is N[C@@H]1C[C@H](N)CN(c2nc(Nc3ccc(NC(=O)CO)c(Cl)c3)nc(N3C[C@H](N)C[C@H](N)C3)n2)C1. The number of nitrogens with zero attached hydrogens (tertiary/aromatic N) is 5. The highest BCUT2D eigenvalue weighted by Gasteiger charge is 2.28. The quantitative estimate of drug-likeness (QED) is 0.250. The number of hydrogen-bond acceptors (Lipinski definition) is 12. The molecule has 2 aliphatic heterocycles. The molecule has 1 amide bonds. The molecular formula is C21H32ClN11O2. The molecular weight excluding hydrogens is 474 g/mol. The van der Waals surface area contributed by atoms with Crippen molar-refractivity contribution >= 4 is 46.7 Å².